The first kappa shape index (κ1) is 13.5. The van der Waals surface area contributed by atoms with Crippen molar-refractivity contribution >= 4 is 11.8 Å². The van der Waals surface area contributed by atoms with Gasteiger partial charge in [-0.1, -0.05) is 19.3 Å². The summed E-state index contributed by atoms with van der Waals surface area (Å²) in [6.45, 7) is 2.64. The summed E-state index contributed by atoms with van der Waals surface area (Å²) in [4.78, 5) is 22.2. The molecule has 15 heavy (non-hydrogen) atoms. The van der Waals surface area contributed by atoms with E-state index in [4.69, 9.17) is 6.42 Å². The van der Waals surface area contributed by atoms with Gasteiger partial charge in [-0.2, -0.15) is 0 Å². The highest BCUT2D eigenvalue weighted by molar-refractivity contribution is 5.79. The van der Waals surface area contributed by atoms with Crippen LogP contribution in [0.4, 0.5) is 0 Å². The number of nitrogens with one attached hydrogen (secondary N) is 2. The van der Waals surface area contributed by atoms with Crippen LogP contribution in [0.15, 0.2) is 0 Å². The zero-order valence-electron chi connectivity index (χ0n) is 9.14. The Morgan fingerprint density at radius 3 is 2.47 bits per heavy atom. The zero-order valence-corrected chi connectivity index (χ0v) is 9.14. The Balaban J connectivity index is 3.40. The molecule has 0 aliphatic heterocycles. The van der Waals surface area contributed by atoms with E-state index >= 15 is 0 Å². The van der Waals surface area contributed by atoms with Crippen molar-refractivity contribution in [1.29, 1.82) is 0 Å². The van der Waals surface area contributed by atoms with Gasteiger partial charge in [0, 0.05) is 19.4 Å². The molecule has 0 saturated heterocycles. The summed E-state index contributed by atoms with van der Waals surface area (Å²) in [6.07, 6.45) is 7.66. The second-order valence-corrected chi connectivity index (χ2v) is 3.18. The summed E-state index contributed by atoms with van der Waals surface area (Å²) in [5, 5.41) is 5.20. The van der Waals surface area contributed by atoms with Crippen molar-refractivity contribution in [2.24, 2.45) is 0 Å². The Labute approximate surface area is 90.8 Å². The topological polar surface area (TPSA) is 58.2 Å². The Morgan fingerprint density at radius 2 is 1.87 bits per heavy atom. The third-order valence-electron chi connectivity index (χ3n) is 1.82. The van der Waals surface area contributed by atoms with Crippen molar-refractivity contribution in [2.75, 3.05) is 13.1 Å². The molecule has 2 N–H and O–H groups in total. The second-order valence-electron chi connectivity index (χ2n) is 3.18. The van der Waals surface area contributed by atoms with Gasteiger partial charge in [0.25, 0.3) is 0 Å². The van der Waals surface area contributed by atoms with Crippen LogP contribution in [-0.4, -0.2) is 24.9 Å². The van der Waals surface area contributed by atoms with Gasteiger partial charge in [0.1, 0.15) is 0 Å². The Bertz CT molecular complexity index is 243. The van der Waals surface area contributed by atoms with E-state index in [1.165, 1.54) is 0 Å². The van der Waals surface area contributed by atoms with Gasteiger partial charge >= 0.3 is 0 Å². The van der Waals surface area contributed by atoms with Crippen LogP contribution in [0.2, 0.25) is 0 Å². The largest absolute Gasteiger partial charge is 0.356 e. The molecule has 0 aliphatic rings. The standard InChI is InChI=1S/C11H18N2O2/c1-3-5-6-10(14)13-9-7-11(15)12-8-4-2/h2H,3,5-9H2,1H3,(H,12,15)(H,13,14). The van der Waals surface area contributed by atoms with Crippen molar-refractivity contribution in [2.45, 2.75) is 32.6 Å². The molecule has 4 heteroatoms. The van der Waals surface area contributed by atoms with Crippen LogP contribution in [0.1, 0.15) is 32.6 Å². The lowest BCUT2D eigenvalue weighted by atomic mass is 10.2. The monoisotopic (exact) mass is 210 g/mol. The van der Waals surface area contributed by atoms with E-state index in [0.29, 0.717) is 13.0 Å². The van der Waals surface area contributed by atoms with E-state index in [1.54, 1.807) is 0 Å². The molecular formula is C11H18N2O2. The van der Waals surface area contributed by atoms with Gasteiger partial charge in [-0.25, -0.2) is 0 Å². The SMILES string of the molecule is C#CCNC(=O)CCNC(=O)CCCC. The number of rotatable bonds is 7. The zero-order chi connectivity index (χ0) is 11.5. The second kappa shape index (κ2) is 9.07. The molecule has 0 aromatic rings. The molecule has 84 valence electrons. The predicted octanol–water partition coefficient (Wildman–Crippen LogP) is 0.432. The van der Waals surface area contributed by atoms with Crippen LogP contribution in [0.25, 0.3) is 0 Å². The first-order chi connectivity index (χ1) is 7.20. The Kier molecular flexibility index (Phi) is 8.16. The minimum Gasteiger partial charge on any atom is -0.356 e. The molecule has 4 nitrogen and oxygen atoms in total. The smallest absolute Gasteiger partial charge is 0.222 e. The lowest BCUT2D eigenvalue weighted by Crippen LogP contribution is -2.30. The number of carbonyl (C=O) groups excluding carboxylic acids is 2. The lowest BCUT2D eigenvalue weighted by molar-refractivity contribution is -0.122. The fourth-order valence-electron chi connectivity index (χ4n) is 0.979. The molecular weight excluding hydrogens is 192 g/mol. The lowest BCUT2D eigenvalue weighted by Gasteiger charge is -2.04. The van der Waals surface area contributed by atoms with Crippen molar-refractivity contribution in [3.63, 3.8) is 0 Å². The summed E-state index contributed by atoms with van der Waals surface area (Å²) >= 11 is 0. The molecule has 0 aromatic carbocycles. The average Bonchev–Trinajstić information content (AvgIpc) is 2.23. The van der Waals surface area contributed by atoms with Crippen molar-refractivity contribution in [3.8, 4) is 12.3 Å². The van der Waals surface area contributed by atoms with Gasteiger partial charge in [0.15, 0.2) is 0 Å². The van der Waals surface area contributed by atoms with Crippen molar-refractivity contribution in [3.05, 3.63) is 0 Å². The van der Waals surface area contributed by atoms with Gasteiger partial charge in [-0.15, -0.1) is 6.42 Å². The van der Waals surface area contributed by atoms with Crippen molar-refractivity contribution < 1.29 is 9.59 Å². The maximum absolute atomic E-state index is 11.1. The summed E-state index contributed by atoms with van der Waals surface area (Å²) in [5.41, 5.74) is 0. The third kappa shape index (κ3) is 8.82. The Hall–Kier alpha value is -1.50. The molecule has 0 rings (SSSR count). The average molecular weight is 210 g/mol. The summed E-state index contributed by atoms with van der Waals surface area (Å²) in [6, 6.07) is 0. The van der Waals surface area contributed by atoms with E-state index in [0.717, 1.165) is 12.8 Å². The number of unbranched alkanes of at least 4 members (excludes halogenated alkanes) is 1. The number of hydrogen-bond acceptors (Lipinski definition) is 2. The quantitative estimate of drug-likeness (QED) is 0.599. The highest BCUT2D eigenvalue weighted by Crippen LogP contribution is 1.92. The molecule has 0 spiro atoms. The highest BCUT2D eigenvalue weighted by Gasteiger charge is 2.02. The molecule has 0 radical (unpaired) electrons. The molecule has 0 fully saturated rings. The Morgan fingerprint density at radius 1 is 1.20 bits per heavy atom. The number of terminal acetylenes is 1. The van der Waals surface area contributed by atoms with Crippen molar-refractivity contribution in [1.82, 2.24) is 10.6 Å². The third-order valence-corrected chi connectivity index (χ3v) is 1.82. The number of hydrogen-bond donors (Lipinski definition) is 2. The summed E-state index contributed by atoms with van der Waals surface area (Å²) in [5.74, 6) is 2.17. The molecule has 0 saturated carbocycles. The minimum atomic E-state index is -0.135. The maximum Gasteiger partial charge on any atom is 0.222 e. The van der Waals surface area contributed by atoms with Crippen LogP contribution < -0.4 is 10.6 Å². The van der Waals surface area contributed by atoms with E-state index in [1.807, 2.05) is 6.92 Å². The predicted molar refractivity (Wildman–Crippen MR) is 59.0 cm³/mol. The van der Waals surface area contributed by atoms with Crippen LogP contribution in [-0.2, 0) is 9.59 Å². The van der Waals surface area contributed by atoms with E-state index in [-0.39, 0.29) is 24.8 Å². The number of amides is 2. The van der Waals surface area contributed by atoms with Gasteiger partial charge in [-0.3, -0.25) is 9.59 Å². The van der Waals surface area contributed by atoms with Gasteiger partial charge in [0.05, 0.1) is 6.54 Å². The minimum absolute atomic E-state index is 0.00148. The van der Waals surface area contributed by atoms with Crippen LogP contribution in [0.3, 0.4) is 0 Å². The molecule has 0 atom stereocenters. The summed E-state index contributed by atoms with van der Waals surface area (Å²) < 4.78 is 0. The maximum atomic E-state index is 11.1. The van der Waals surface area contributed by atoms with Crippen LogP contribution in [0.5, 0.6) is 0 Å². The molecule has 2 amide bonds. The van der Waals surface area contributed by atoms with Gasteiger partial charge < -0.3 is 10.6 Å². The normalized spacial score (nSPS) is 9.07. The van der Waals surface area contributed by atoms with E-state index in [2.05, 4.69) is 16.6 Å². The number of carbonyl (C=O) groups is 2. The molecule has 0 unspecified atom stereocenters. The first-order valence-corrected chi connectivity index (χ1v) is 5.17. The molecule has 0 heterocycles. The fraction of sp³-hybridized carbons (Fsp3) is 0.636. The first-order valence-electron chi connectivity index (χ1n) is 5.17. The molecule has 0 aliphatic carbocycles. The fourth-order valence-corrected chi connectivity index (χ4v) is 0.979. The summed E-state index contributed by atoms with van der Waals surface area (Å²) in [7, 11) is 0. The van der Waals surface area contributed by atoms with Crippen LogP contribution >= 0.6 is 0 Å². The van der Waals surface area contributed by atoms with Crippen LogP contribution in [0, 0.1) is 12.3 Å². The molecule has 0 bridgehead atoms. The highest BCUT2D eigenvalue weighted by atomic mass is 16.2. The van der Waals surface area contributed by atoms with Gasteiger partial charge in [-0.05, 0) is 6.42 Å². The van der Waals surface area contributed by atoms with E-state index < -0.39 is 0 Å². The van der Waals surface area contributed by atoms with E-state index in [9.17, 15) is 9.59 Å². The van der Waals surface area contributed by atoms with Gasteiger partial charge in [0.2, 0.25) is 11.8 Å². The molecule has 0 aromatic heterocycles.